The third kappa shape index (κ3) is 2.79. The molecule has 0 atom stereocenters. The number of aromatic nitrogens is 1. The van der Waals surface area contributed by atoms with Crippen molar-refractivity contribution in [2.24, 2.45) is 11.7 Å². The summed E-state index contributed by atoms with van der Waals surface area (Å²) >= 11 is 0. The molecule has 1 aliphatic heterocycles. The average Bonchev–Trinajstić information content (AvgIpc) is 2.46. The first-order chi connectivity index (χ1) is 8.74. The summed E-state index contributed by atoms with van der Waals surface area (Å²) < 4.78 is 4.68. The second-order valence-corrected chi connectivity index (χ2v) is 4.56. The van der Waals surface area contributed by atoms with Gasteiger partial charge in [-0.05, 0) is 37.4 Å². The van der Waals surface area contributed by atoms with Crippen LogP contribution in [0.5, 0.6) is 0 Å². The van der Waals surface area contributed by atoms with E-state index in [1.54, 1.807) is 12.3 Å². The van der Waals surface area contributed by atoms with Gasteiger partial charge in [0.05, 0.1) is 7.11 Å². The van der Waals surface area contributed by atoms with Gasteiger partial charge in [0, 0.05) is 25.0 Å². The zero-order valence-electron chi connectivity index (χ0n) is 10.6. The summed E-state index contributed by atoms with van der Waals surface area (Å²) in [5, 5.41) is 0. The number of nitrogens with two attached hydrogens (primary N) is 1. The molecule has 0 spiro atoms. The van der Waals surface area contributed by atoms with E-state index in [1.165, 1.54) is 7.11 Å². The lowest BCUT2D eigenvalue weighted by Gasteiger charge is -2.33. The van der Waals surface area contributed by atoms with E-state index in [0.29, 0.717) is 11.6 Å². The highest BCUT2D eigenvalue weighted by atomic mass is 16.5. The van der Waals surface area contributed by atoms with Crippen molar-refractivity contribution in [2.45, 2.75) is 12.8 Å². The maximum atomic E-state index is 11.4. The van der Waals surface area contributed by atoms with Crippen LogP contribution in [0.15, 0.2) is 18.3 Å². The largest absolute Gasteiger partial charge is 0.464 e. The van der Waals surface area contributed by atoms with Crippen molar-refractivity contribution in [3.05, 3.63) is 24.0 Å². The van der Waals surface area contributed by atoms with Crippen LogP contribution in [0, 0.1) is 5.92 Å². The van der Waals surface area contributed by atoms with E-state index in [2.05, 4.69) is 14.6 Å². The Morgan fingerprint density at radius 3 is 2.89 bits per heavy atom. The highest BCUT2D eigenvalue weighted by Crippen LogP contribution is 2.22. The second kappa shape index (κ2) is 5.82. The molecule has 0 amide bonds. The summed E-state index contributed by atoms with van der Waals surface area (Å²) in [6.07, 6.45) is 3.86. The Morgan fingerprint density at radius 1 is 1.56 bits per heavy atom. The fourth-order valence-electron chi connectivity index (χ4n) is 2.26. The first kappa shape index (κ1) is 12.8. The summed E-state index contributed by atoms with van der Waals surface area (Å²) in [7, 11) is 1.36. The van der Waals surface area contributed by atoms with Crippen molar-refractivity contribution >= 4 is 11.7 Å². The topological polar surface area (TPSA) is 68.5 Å². The summed E-state index contributed by atoms with van der Waals surface area (Å²) in [5.74, 6) is 0.233. The summed E-state index contributed by atoms with van der Waals surface area (Å²) in [6, 6.07) is 3.71. The SMILES string of the molecule is COC(=O)c1cc(N2CCC(CN)CC2)ccn1. The van der Waals surface area contributed by atoms with E-state index in [1.807, 2.05) is 6.07 Å². The van der Waals surface area contributed by atoms with E-state index in [9.17, 15) is 4.79 Å². The fraction of sp³-hybridized carbons (Fsp3) is 0.538. The van der Waals surface area contributed by atoms with Crippen LogP contribution in [-0.4, -0.2) is 37.7 Å². The Hall–Kier alpha value is -1.62. The lowest BCUT2D eigenvalue weighted by Crippen LogP contribution is -2.36. The molecule has 2 heterocycles. The van der Waals surface area contributed by atoms with E-state index in [-0.39, 0.29) is 0 Å². The second-order valence-electron chi connectivity index (χ2n) is 4.56. The molecular formula is C13H19N3O2. The smallest absolute Gasteiger partial charge is 0.356 e. The standard InChI is InChI=1S/C13H19N3O2/c1-18-13(17)12-8-11(2-5-15-12)16-6-3-10(9-14)4-7-16/h2,5,8,10H,3-4,6-7,9,14H2,1H3. The van der Waals surface area contributed by atoms with Crippen molar-refractivity contribution in [3.63, 3.8) is 0 Å². The number of piperidine rings is 1. The number of hydrogen-bond acceptors (Lipinski definition) is 5. The number of nitrogens with zero attached hydrogens (tertiary/aromatic N) is 2. The van der Waals surface area contributed by atoms with Crippen LogP contribution in [0.2, 0.25) is 0 Å². The first-order valence-corrected chi connectivity index (χ1v) is 6.24. The van der Waals surface area contributed by atoms with E-state index < -0.39 is 5.97 Å². The maximum absolute atomic E-state index is 11.4. The highest BCUT2D eigenvalue weighted by molar-refractivity contribution is 5.88. The number of ether oxygens (including phenoxy) is 1. The number of esters is 1. The normalized spacial score (nSPS) is 16.7. The van der Waals surface area contributed by atoms with Gasteiger partial charge in [0.15, 0.2) is 0 Å². The van der Waals surface area contributed by atoms with Gasteiger partial charge in [0.25, 0.3) is 0 Å². The minimum absolute atomic E-state index is 0.357. The minimum atomic E-state index is -0.395. The number of carbonyl (C=O) groups excluding carboxylic acids is 1. The van der Waals surface area contributed by atoms with Gasteiger partial charge in [-0.25, -0.2) is 9.78 Å². The van der Waals surface area contributed by atoms with Gasteiger partial charge in [0.1, 0.15) is 5.69 Å². The first-order valence-electron chi connectivity index (χ1n) is 6.24. The van der Waals surface area contributed by atoms with Crippen molar-refractivity contribution < 1.29 is 9.53 Å². The molecule has 0 saturated carbocycles. The van der Waals surface area contributed by atoms with Crippen LogP contribution in [0.3, 0.4) is 0 Å². The van der Waals surface area contributed by atoms with Crippen LogP contribution < -0.4 is 10.6 Å². The van der Waals surface area contributed by atoms with Crippen LogP contribution >= 0.6 is 0 Å². The Kier molecular flexibility index (Phi) is 4.15. The molecule has 98 valence electrons. The number of carbonyl (C=O) groups is 1. The van der Waals surface area contributed by atoms with Gasteiger partial charge in [-0.1, -0.05) is 0 Å². The van der Waals surface area contributed by atoms with Crippen molar-refractivity contribution in [2.75, 3.05) is 31.6 Å². The number of hydrogen-bond donors (Lipinski definition) is 1. The van der Waals surface area contributed by atoms with Crippen LogP contribution in [-0.2, 0) is 4.74 Å². The van der Waals surface area contributed by atoms with Crippen molar-refractivity contribution in [1.29, 1.82) is 0 Å². The van der Waals surface area contributed by atoms with E-state index >= 15 is 0 Å². The summed E-state index contributed by atoms with van der Waals surface area (Å²) in [5.41, 5.74) is 7.07. The minimum Gasteiger partial charge on any atom is -0.464 e. The Morgan fingerprint density at radius 2 is 2.28 bits per heavy atom. The Labute approximate surface area is 107 Å². The highest BCUT2D eigenvalue weighted by Gasteiger charge is 2.19. The predicted octanol–water partition coefficient (Wildman–Crippen LogP) is 1.04. The fourth-order valence-corrected chi connectivity index (χ4v) is 2.26. The maximum Gasteiger partial charge on any atom is 0.356 e. The number of rotatable bonds is 3. The monoisotopic (exact) mass is 249 g/mol. The van der Waals surface area contributed by atoms with Gasteiger partial charge in [-0.15, -0.1) is 0 Å². The molecular weight excluding hydrogens is 230 g/mol. The third-order valence-corrected chi connectivity index (χ3v) is 3.45. The summed E-state index contributed by atoms with van der Waals surface area (Å²) in [4.78, 5) is 17.7. The lowest BCUT2D eigenvalue weighted by molar-refractivity contribution is 0.0594. The van der Waals surface area contributed by atoms with Gasteiger partial charge >= 0.3 is 5.97 Å². The van der Waals surface area contributed by atoms with Crippen LogP contribution in [0.1, 0.15) is 23.3 Å². The van der Waals surface area contributed by atoms with E-state index in [0.717, 1.165) is 38.2 Å². The van der Waals surface area contributed by atoms with Crippen molar-refractivity contribution in [1.82, 2.24) is 4.98 Å². The molecule has 2 N–H and O–H groups in total. The van der Waals surface area contributed by atoms with Gasteiger partial charge < -0.3 is 15.4 Å². The number of anilines is 1. The zero-order valence-corrected chi connectivity index (χ0v) is 10.6. The molecule has 0 aliphatic carbocycles. The molecule has 1 aliphatic rings. The number of pyridine rings is 1. The predicted molar refractivity (Wildman–Crippen MR) is 69.6 cm³/mol. The number of methoxy groups -OCH3 is 1. The quantitative estimate of drug-likeness (QED) is 0.811. The molecule has 5 heteroatoms. The molecule has 2 rings (SSSR count). The Balaban J connectivity index is 2.07. The molecule has 0 aromatic carbocycles. The lowest BCUT2D eigenvalue weighted by atomic mass is 9.97. The molecule has 0 radical (unpaired) electrons. The molecule has 1 aromatic rings. The van der Waals surface area contributed by atoms with Gasteiger partial charge in [0.2, 0.25) is 0 Å². The zero-order chi connectivity index (χ0) is 13.0. The molecule has 1 saturated heterocycles. The molecule has 5 nitrogen and oxygen atoms in total. The van der Waals surface area contributed by atoms with E-state index in [4.69, 9.17) is 5.73 Å². The molecule has 1 aromatic heterocycles. The summed E-state index contributed by atoms with van der Waals surface area (Å²) in [6.45, 7) is 2.72. The molecule has 0 bridgehead atoms. The van der Waals surface area contributed by atoms with Gasteiger partial charge in [-0.2, -0.15) is 0 Å². The van der Waals surface area contributed by atoms with Gasteiger partial charge in [-0.3, -0.25) is 0 Å². The van der Waals surface area contributed by atoms with Crippen LogP contribution in [0.25, 0.3) is 0 Å². The average molecular weight is 249 g/mol. The molecule has 18 heavy (non-hydrogen) atoms. The third-order valence-electron chi connectivity index (χ3n) is 3.45. The van der Waals surface area contributed by atoms with Crippen LogP contribution in [0.4, 0.5) is 5.69 Å². The van der Waals surface area contributed by atoms with Crippen molar-refractivity contribution in [3.8, 4) is 0 Å². The molecule has 0 unspecified atom stereocenters. The molecule has 1 fully saturated rings. The Bertz CT molecular complexity index is 414.